The molecule has 0 amide bonds. The molecule has 96 valence electrons. The van der Waals surface area contributed by atoms with E-state index in [1.807, 2.05) is 24.1 Å². The van der Waals surface area contributed by atoms with E-state index in [-0.39, 0.29) is 6.42 Å². The van der Waals surface area contributed by atoms with Crippen molar-refractivity contribution in [3.63, 3.8) is 0 Å². The molecular weight excluding hydrogens is 250 g/mol. The highest BCUT2D eigenvalue weighted by atomic mass is 32.1. The molecule has 0 bridgehead atoms. The second-order valence-electron chi connectivity index (χ2n) is 4.02. The molecule has 0 aliphatic rings. The molecule has 18 heavy (non-hydrogen) atoms. The molecule has 5 nitrogen and oxygen atoms in total. The molecule has 2 rings (SSSR count). The van der Waals surface area contributed by atoms with Gasteiger partial charge in [-0.15, -0.1) is 11.3 Å². The fourth-order valence-electron chi connectivity index (χ4n) is 1.83. The fraction of sp³-hybridized carbons (Fsp3) is 0.417. The number of anilines is 1. The second-order valence-corrected chi connectivity index (χ2v) is 4.90. The molecule has 0 aromatic carbocycles. The predicted molar refractivity (Wildman–Crippen MR) is 72.3 cm³/mol. The Bertz CT molecular complexity index is 567. The van der Waals surface area contributed by atoms with E-state index >= 15 is 0 Å². The number of carboxylic acid groups (broad SMARTS) is 1. The van der Waals surface area contributed by atoms with Crippen molar-refractivity contribution in [1.29, 1.82) is 0 Å². The number of thiophene rings is 1. The third kappa shape index (κ3) is 2.43. The minimum Gasteiger partial charge on any atom is -0.481 e. The van der Waals surface area contributed by atoms with Crippen molar-refractivity contribution in [2.75, 3.05) is 18.0 Å². The predicted octanol–water partition coefficient (Wildman–Crippen LogP) is 2.30. The largest absolute Gasteiger partial charge is 0.481 e. The molecule has 2 heterocycles. The number of hydrogen-bond acceptors (Lipinski definition) is 5. The normalized spacial score (nSPS) is 10.8. The zero-order chi connectivity index (χ0) is 13.1. The lowest BCUT2D eigenvalue weighted by molar-refractivity contribution is -0.136. The molecule has 0 unspecified atom stereocenters. The van der Waals surface area contributed by atoms with E-state index in [0.717, 1.165) is 28.1 Å². The number of fused-ring (bicyclic) bond motifs is 1. The zero-order valence-electron chi connectivity index (χ0n) is 10.4. The Kier molecular flexibility index (Phi) is 3.76. The Morgan fingerprint density at radius 1 is 1.50 bits per heavy atom. The van der Waals surface area contributed by atoms with Crippen LogP contribution in [0.25, 0.3) is 10.2 Å². The van der Waals surface area contributed by atoms with E-state index in [2.05, 4.69) is 9.97 Å². The fourth-order valence-corrected chi connectivity index (χ4v) is 2.85. The van der Waals surface area contributed by atoms with Gasteiger partial charge in [0, 0.05) is 13.1 Å². The highest BCUT2D eigenvalue weighted by Gasteiger charge is 2.14. The van der Waals surface area contributed by atoms with Crippen LogP contribution in [0.4, 0.5) is 5.82 Å². The summed E-state index contributed by atoms with van der Waals surface area (Å²) in [5.74, 6) is 0.0444. The smallest absolute Gasteiger partial charge is 0.305 e. The first-order valence-electron chi connectivity index (χ1n) is 5.79. The van der Waals surface area contributed by atoms with Gasteiger partial charge >= 0.3 is 5.97 Å². The topological polar surface area (TPSA) is 66.3 Å². The van der Waals surface area contributed by atoms with Gasteiger partial charge in [0.2, 0.25) is 0 Å². The Labute approximate surface area is 109 Å². The highest BCUT2D eigenvalue weighted by molar-refractivity contribution is 7.18. The maximum atomic E-state index is 10.7. The van der Waals surface area contributed by atoms with Crippen LogP contribution in [-0.2, 0) is 4.79 Å². The van der Waals surface area contributed by atoms with Gasteiger partial charge in [-0.25, -0.2) is 9.97 Å². The van der Waals surface area contributed by atoms with Gasteiger partial charge < -0.3 is 10.0 Å². The maximum absolute atomic E-state index is 10.7. The molecule has 0 aliphatic carbocycles. The number of aliphatic carboxylic acids is 1. The van der Waals surface area contributed by atoms with Crippen LogP contribution in [0.15, 0.2) is 11.7 Å². The number of rotatable bonds is 5. The number of carboxylic acids is 1. The Balaban J connectivity index is 2.35. The first-order chi connectivity index (χ1) is 8.63. The molecule has 0 spiro atoms. The third-order valence-electron chi connectivity index (χ3n) is 2.79. The molecule has 2 aromatic rings. The summed E-state index contributed by atoms with van der Waals surface area (Å²) < 4.78 is 1.03. The van der Waals surface area contributed by atoms with Gasteiger partial charge in [-0.3, -0.25) is 4.79 Å². The van der Waals surface area contributed by atoms with Crippen LogP contribution < -0.4 is 4.90 Å². The molecule has 1 N–H and O–H groups in total. The minimum absolute atomic E-state index is 0.115. The first kappa shape index (κ1) is 12.8. The molecule has 0 saturated heterocycles. The summed E-state index contributed by atoms with van der Waals surface area (Å²) in [6, 6.07) is 0. The van der Waals surface area contributed by atoms with Crippen molar-refractivity contribution >= 4 is 33.3 Å². The summed E-state index contributed by atoms with van der Waals surface area (Å²) in [5.41, 5.74) is 2.09. The van der Waals surface area contributed by atoms with Gasteiger partial charge in [-0.05, 0) is 24.8 Å². The van der Waals surface area contributed by atoms with Crippen LogP contribution in [0.1, 0.15) is 18.9 Å². The number of carbonyl (C=O) groups is 1. The van der Waals surface area contributed by atoms with Gasteiger partial charge in [-0.1, -0.05) is 0 Å². The maximum Gasteiger partial charge on any atom is 0.305 e. The number of nitrogens with zero attached hydrogens (tertiary/aromatic N) is 3. The first-order valence-corrected chi connectivity index (χ1v) is 6.67. The van der Waals surface area contributed by atoms with Crippen molar-refractivity contribution in [3.05, 3.63) is 17.3 Å². The van der Waals surface area contributed by atoms with E-state index in [9.17, 15) is 4.79 Å². The van der Waals surface area contributed by atoms with Gasteiger partial charge in [0.05, 0.1) is 16.6 Å². The van der Waals surface area contributed by atoms with E-state index in [1.54, 1.807) is 17.7 Å². The standard InChI is InChI=1S/C12H15N3O2S/c1-3-15(5-4-9(16)17)12-11-10(13-7-14-12)8(2)6-18-11/h6-7H,3-5H2,1-2H3,(H,16,17). The summed E-state index contributed by atoms with van der Waals surface area (Å²) in [4.78, 5) is 21.2. The molecule has 0 atom stereocenters. The van der Waals surface area contributed by atoms with Crippen molar-refractivity contribution in [2.45, 2.75) is 20.3 Å². The van der Waals surface area contributed by atoms with Crippen LogP contribution in [0.5, 0.6) is 0 Å². The van der Waals surface area contributed by atoms with Crippen LogP contribution in [0, 0.1) is 6.92 Å². The van der Waals surface area contributed by atoms with Crippen LogP contribution in [-0.4, -0.2) is 34.1 Å². The summed E-state index contributed by atoms with van der Waals surface area (Å²) >= 11 is 1.60. The third-order valence-corrected chi connectivity index (χ3v) is 3.87. The SMILES string of the molecule is CCN(CCC(=O)O)c1ncnc2c(C)csc12. The summed E-state index contributed by atoms with van der Waals surface area (Å²) in [6.45, 7) is 5.21. The van der Waals surface area contributed by atoms with Crippen molar-refractivity contribution < 1.29 is 9.90 Å². The minimum atomic E-state index is -0.791. The van der Waals surface area contributed by atoms with Gasteiger partial charge in [0.1, 0.15) is 12.1 Å². The lowest BCUT2D eigenvalue weighted by Crippen LogP contribution is -2.26. The van der Waals surface area contributed by atoms with Gasteiger partial charge in [0.25, 0.3) is 0 Å². The highest BCUT2D eigenvalue weighted by Crippen LogP contribution is 2.30. The number of aromatic nitrogens is 2. The van der Waals surface area contributed by atoms with E-state index < -0.39 is 5.97 Å². The van der Waals surface area contributed by atoms with Crippen molar-refractivity contribution in [1.82, 2.24) is 9.97 Å². The molecule has 6 heteroatoms. The summed E-state index contributed by atoms with van der Waals surface area (Å²) in [7, 11) is 0. The molecule has 0 fully saturated rings. The van der Waals surface area contributed by atoms with Gasteiger partial charge in [0.15, 0.2) is 0 Å². The summed E-state index contributed by atoms with van der Waals surface area (Å²) in [5, 5.41) is 10.8. The van der Waals surface area contributed by atoms with Crippen LogP contribution in [0.2, 0.25) is 0 Å². The van der Waals surface area contributed by atoms with E-state index in [4.69, 9.17) is 5.11 Å². The lowest BCUT2D eigenvalue weighted by Gasteiger charge is -2.21. The average Bonchev–Trinajstić information content (AvgIpc) is 2.73. The zero-order valence-corrected chi connectivity index (χ0v) is 11.2. The Hall–Kier alpha value is -1.69. The quantitative estimate of drug-likeness (QED) is 0.898. The van der Waals surface area contributed by atoms with E-state index in [1.165, 1.54) is 0 Å². The molecule has 0 radical (unpaired) electrons. The number of hydrogen-bond donors (Lipinski definition) is 1. The molecule has 0 aliphatic heterocycles. The van der Waals surface area contributed by atoms with E-state index in [0.29, 0.717) is 6.54 Å². The average molecular weight is 265 g/mol. The number of aryl methyl sites for hydroxylation is 1. The van der Waals surface area contributed by atoms with Crippen LogP contribution in [0.3, 0.4) is 0 Å². The summed E-state index contributed by atoms with van der Waals surface area (Å²) in [6.07, 6.45) is 1.66. The van der Waals surface area contributed by atoms with Crippen molar-refractivity contribution in [2.24, 2.45) is 0 Å². The molecular formula is C12H15N3O2S. The monoisotopic (exact) mass is 265 g/mol. The lowest BCUT2D eigenvalue weighted by atomic mass is 10.3. The molecule has 2 aromatic heterocycles. The second kappa shape index (κ2) is 5.30. The van der Waals surface area contributed by atoms with Gasteiger partial charge in [-0.2, -0.15) is 0 Å². The van der Waals surface area contributed by atoms with Crippen LogP contribution >= 0.6 is 11.3 Å². The molecule has 0 saturated carbocycles. The Morgan fingerprint density at radius 2 is 2.28 bits per heavy atom. The Morgan fingerprint density at radius 3 is 2.94 bits per heavy atom. The van der Waals surface area contributed by atoms with Crippen molar-refractivity contribution in [3.8, 4) is 0 Å².